The molecule has 0 spiro atoms. The predicted molar refractivity (Wildman–Crippen MR) is 177 cm³/mol. The van der Waals surface area contributed by atoms with Crippen LogP contribution < -0.4 is 10.2 Å². The zero-order chi connectivity index (χ0) is 31.4. The van der Waals surface area contributed by atoms with Crippen LogP contribution in [0.5, 0.6) is 0 Å². The van der Waals surface area contributed by atoms with Crippen LogP contribution in [0.25, 0.3) is 10.8 Å². The van der Waals surface area contributed by atoms with Crippen LogP contribution in [0.3, 0.4) is 0 Å². The highest BCUT2D eigenvalue weighted by atomic mass is 79.9. The quantitative estimate of drug-likeness (QED) is 0.156. The monoisotopic (exact) mass is 666 g/mol. The smallest absolute Gasteiger partial charge is 0.411 e. The number of nitrogens with one attached hydrogen (secondary N) is 1. The topological polar surface area (TPSA) is 101 Å². The Balaban J connectivity index is 1.21. The van der Waals surface area contributed by atoms with Crippen molar-refractivity contribution >= 4 is 56.2 Å². The van der Waals surface area contributed by atoms with Crippen molar-refractivity contribution in [2.24, 2.45) is 0 Å². The second kappa shape index (κ2) is 15.5. The minimum atomic E-state index is -0.626. The van der Waals surface area contributed by atoms with Gasteiger partial charge in [0.1, 0.15) is 13.2 Å². The van der Waals surface area contributed by atoms with Gasteiger partial charge in [0.05, 0.1) is 24.3 Å². The number of pyridine rings is 1. The molecule has 3 amide bonds. The van der Waals surface area contributed by atoms with Crippen molar-refractivity contribution in [1.82, 2.24) is 9.88 Å². The fraction of sp³-hybridized carbons (Fsp3) is 0.143. The summed E-state index contributed by atoms with van der Waals surface area (Å²) >= 11 is 3.36. The summed E-state index contributed by atoms with van der Waals surface area (Å²) in [7, 11) is 0. The molecule has 0 aliphatic heterocycles. The van der Waals surface area contributed by atoms with Gasteiger partial charge in [0.25, 0.3) is 5.91 Å². The zero-order valence-electron chi connectivity index (χ0n) is 24.3. The number of fused-ring (bicyclic) bond motifs is 1. The summed E-state index contributed by atoms with van der Waals surface area (Å²) in [6.07, 6.45) is 1.87. The van der Waals surface area contributed by atoms with Gasteiger partial charge in [-0.15, -0.1) is 0 Å². The summed E-state index contributed by atoms with van der Waals surface area (Å²) in [5.41, 5.74) is 2.57. The van der Waals surface area contributed by atoms with Gasteiger partial charge in [-0.05, 0) is 51.1 Å². The standard InChI is InChI=1S/C35H31BrN4O5/c36-29-22-28(23-37-24-29)33(41)40(30-14-5-2-6-15-30)19-21-45-35(43)39(25-26-10-3-1-4-11-26)18-20-44-34(42)38-32-17-9-13-27-12-7-8-16-31(27)32/h1-17,22-24H,18-21,25H2,(H,38,42). The van der Waals surface area contributed by atoms with Gasteiger partial charge < -0.3 is 19.3 Å². The van der Waals surface area contributed by atoms with E-state index in [4.69, 9.17) is 9.47 Å². The van der Waals surface area contributed by atoms with E-state index in [1.54, 1.807) is 23.2 Å². The van der Waals surface area contributed by atoms with Gasteiger partial charge in [0.15, 0.2) is 0 Å². The van der Waals surface area contributed by atoms with Crippen molar-refractivity contribution in [2.75, 3.05) is 36.5 Å². The second-order valence-corrected chi connectivity index (χ2v) is 10.9. The van der Waals surface area contributed by atoms with Gasteiger partial charge in [0.2, 0.25) is 0 Å². The summed E-state index contributed by atoms with van der Waals surface area (Å²) < 4.78 is 11.8. The van der Waals surface area contributed by atoms with Gasteiger partial charge in [-0.1, -0.05) is 84.9 Å². The maximum Gasteiger partial charge on any atom is 0.411 e. The summed E-state index contributed by atoms with van der Waals surface area (Å²) in [6.45, 7) is 0.350. The maximum atomic E-state index is 13.4. The van der Waals surface area contributed by atoms with Gasteiger partial charge >= 0.3 is 12.2 Å². The van der Waals surface area contributed by atoms with Crippen molar-refractivity contribution in [2.45, 2.75) is 6.54 Å². The van der Waals surface area contributed by atoms with Crippen molar-refractivity contribution < 1.29 is 23.9 Å². The minimum Gasteiger partial charge on any atom is -0.448 e. The molecule has 45 heavy (non-hydrogen) atoms. The Hall–Kier alpha value is -5.22. The van der Waals surface area contributed by atoms with Gasteiger partial charge in [0, 0.05) is 34.5 Å². The van der Waals surface area contributed by atoms with Crippen LogP contribution in [-0.2, 0) is 16.0 Å². The molecule has 0 aliphatic rings. The highest BCUT2D eigenvalue weighted by Gasteiger charge is 2.21. The van der Waals surface area contributed by atoms with E-state index in [0.29, 0.717) is 21.4 Å². The van der Waals surface area contributed by atoms with Crippen LogP contribution in [0, 0.1) is 0 Å². The molecule has 0 atom stereocenters. The third-order valence-electron chi connectivity index (χ3n) is 6.90. The number of benzene rings is 4. The third-order valence-corrected chi connectivity index (χ3v) is 7.33. The first-order valence-electron chi connectivity index (χ1n) is 14.3. The number of hydrogen-bond donors (Lipinski definition) is 1. The van der Waals surface area contributed by atoms with Crippen LogP contribution in [-0.4, -0.2) is 54.3 Å². The molecule has 228 valence electrons. The molecule has 1 N–H and O–H groups in total. The first-order valence-corrected chi connectivity index (χ1v) is 15.1. The SMILES string of the molecule is O=C(Nc1cccc2ccccc12)OCCN(Cc1ccccc1)C(=O)OCCN(C(=O)c1cncc(Br)c1)c1ccccc1. The van der Waals surface area contributed by atoms with Gasteiger partial charge in [-0.25, -0.2) is 9.59 Å². The average Bonchev–Trinajstić information content (AvgIpc) is 3.07. The van der Waals surface area contributed by atoms with Crippen molar-refractivity contribution in [3.8, 4) is 0 Å². The van der Waals surface area contributed by atoms with Crippen LogP contribution >= 0.6 is 15.9 Å². The maximum absolute atomic E-state index is 13.4. The number of amides is 3. The lowest BCUT2D eigenvalue weighted by Crippen LogP contribution is -2.38. The molecule has 1 heterocycles. The molecule has 5 aromatic rings. The largest absolute Gasteiger partial charge is 0.448 e. The van der Waals surface area contributed by atoms with E-state index >= 15 is 0 Å². The van der Waals surface area contributed by atoms with Crippen LogP contribution in [0.2, 0.25) is 0 Å². The Morgan fingerprint density at radius 3 is 2.22 bits per heavy atom. The zero-order valence-corrected chi connectivity index (χ0v) is 25.9. The van der Waals surface area contributed by atoms with E-state index in [-0.39, 0.29) is 38.8 Å². The van der Waals surface area contributed by atoms with E-state index in [2.05, 4.69) is 26.2 Å². The normalized spacial score (nSPS) is 10.6. The number of para-hydroxylation sites is 1. The first-order chi connectivity index (χ1) is 22.0. The molecule has 1 aromatic heterocycles. The number of hydrogen-bond acceptors (Lipinski definition) is 6. The van der Waals surface area contributed by atoms with Crippen LogP contribution in [0.15, 0.2) is 126 Å². The molecule has 9 nitrogen and oxygen atoms in total. The Labute approximate surface area is 269 Å². The second-order valence-electron chi connectivity index (χ2n) is 9.99. The highest BCUT2D eigenvalue weighted by molar-refractivity contribution is 9.10. The lowest BCUT2D eigenvalue weighted by Gasteiger charge is -2.25. The summed E-state index contributed by atoms with van der Waals surface area (Å²) in [5.74, 6) is -0.280. The number of carbonyl (C=O) groups excluding carboxylic acids is 3. The molecule has 5 rings (SSSR count). The molecule has 0 unspecified atom stereocenters. The fourth-order valence-corrected chi connectivity index (χ4v) is 5.09. The average molecular weight is 668 g/mol. The number of anilines is 2. The van der Waals surface area contributed by atoms with Gasteiger partial charge in [-0.2, -0.15) is 0 Å². The molecule has 0 radical (unpaired) electrons. The van der Waals surface area contributed by atoms with E-state index in [0.717, 1.165) is 16.3 Å². The summed E-state index contributed by atoms with van der Waals surface area (Å²) in [6, 6.07) is 33.6. The minimum absolute atomic E-state index is 0.0525. The number of nitrogens with zero attached hydrogens (tertiary/aromatic N) is 3. The Bertz CT molecular complexity index is 1750. The first kappa shape index (κ1) is 31.2. The highest BCUT2D eigenvalue weighted by Crippen LogP contribution is 2.23. The van der Waals surface area contributed by atoms with Crippen molar-refractivity contribution in [1.29, 1.82) is 0 Å². The van der Waals surface area contributed by atoms with E-state index in [9.17, 15) is 14.4 Å². The Morgan fingerprint density at radius 1 is 0.756 bits per heavy atom. The summed E-state index contributed by atoms with van der Waals surface area (Å²) in [4.78, 5) is 46.5. The number of ether oxygens (including phenoxy) is 2. The summed E-state index contributed by atoms with van der Waals surface area (Å²) in [5, 5.41) is 4.67. The molecule has 0 fully saturated rings. The Morgan fingerprint density at radius 2 is 1.44 bits per heavy atom. The Kier molecular flexibility index (Phi) is 10.7. The van der Waals surface area contributed by atoms with E-state index in [1.165, 1.54) is 11.1 Å². The lowest BCUT2D eigenvalue weighted by atomic mass is 10.1. The predicted octanol–water partition coefficient (Wildman–Crippen LogP) is 7.53. The van der Waals surface area contributed by atoms with E-state index < -0.39 is 12.2 Å². The molecule has 4 aromatic carbocycles. The number of carbonyl (C=O) groups is 3. The number of aromatic nitrogens is 1. The van der Waals surface area contributed by atoms with E-state index in [1.807, 2.05) is 97.1 Å². The van der Waals surface area contributed by atoms with Crippen LogP contribution in [0.1, 0.15) is 15.9 Å². The number of halogens is 1. The molecule has 0 saturated carbocycles. The third kappa shape index (κ3) is 8.67. The molecule has 10 heteroatoms. The molecular weight excluding hydrogens is 636 g/mol. The van der Waals surface area contributed by atoms with Crippen LogP contribution in [0.4, 0.5) is 21.0 Å². The molecule has 0 bridgehead atoms. The fourth-order valence-electron chi connectivity index (χ4n) is 4.72. The number of rotatable bonds is 11. The molecule has 0 aliphatic carbocycles. The van der Waals surface area contributed by atoms with Gasteiger partial charge in [-0.3, -0.25) is 15.1 Å². The van der Waals surface area contributed by atoms with Crippen molar-refractivity contribution in [3.05, 3.63) is 137 Å². The van der Waals surface area contributed by atoms with Crippen molar-refractivity contribution in [3.63, 3.8) is 0 Å². The molecule has 0 saturated heterocycles. The molecular formula is C35H31BrN4O5. The lowest BCUT2D eigenvalue weighted by molar-refractivity contribution is 0.0855.